The van der Waals surface area contributed by atoms with Crippen LogP contribution in [-0.2, 0) is 5.41 Å². The molecule has 9 heteroatoms. The number of aromatic nitrogens is 5. The SMILES string of the molecule is CC1(c2cn(N3C=NC4c5ccccc5-n5c(cnc5F)N43)nn2)CC1. The average Bonchev–Trinajstić information content (AvgIpc) is 3.06. The van der Waals surface area contributed by atoms with E-state index in [-0.39, 0.29) is 11.6 Å². The van der Waals surface area contributed by atoms with Crippen LogP contribution in [-0.4, -0.2) is 31.0 Å². The van der Waals surface area contributed by atoms with Crippen LogP contribution in [0.4, 0.5) is 10.2 Å². The molecule has 0 amide bonds. The number of hydrogen-bond donors (Lipinski definition) is 0. The number of nitrogens with zero attached hydrogens (tertiary/aromatic N) is 8. The van der Waals surface area contributed by atoms with Gasteiger partial charge in [0.1, 0.15) is 6.34 Å². The van der Waals surface area contributed by atoms with Crippen molar-refractivity contribution >= 4 is 12.2 Å². The summed E-state index contributed by atoms with van der Waals surface area (Å²) in [7, 11) is 0. The number of hydrogen-bond acceptors (Lipinski definition) is 6. The topological polar surface area (TPSA) is 67.4 Å². The van der Waals surface area contributed by atoms with E-state index in [0.717, 1.165) is 29.8 Å². The summed E-state index contributed by atoms with van der Waals surface area (Å²) < 4.78 is 15.9. The lowest BCUT2D eigenvalue weighted by molar-refractivity contribution is 0.495. The van der Waals surface area contributed by atoms with E-state index < -0.39 is 6.08 Å². The van der Waals surface area contributed by atoms with Gasteiger partial charge in [-0.1, -0.05) is 25.1 Å². The highest BCUT2D eigenvalue weighted by molar-refractivity contribution is 5.78. The van der Waals surface area contributed by atoms with Gasteiger partial charge in [-0.05, 0) is 24.1 Å². The summed E-state index contributed by atoms with van der Waals surface area (Å²) in [5.74, 6) is 0.596. The minimum Gasteiger partial charge on any atom is -0.253 e. The van der Waals surface area contributed by atoms with Crippen molar-refractivity contribution in [1.82, 2.24) is 24.7 Å². The summed E-state index contributed by atoms with van der Waals surface area (Å²) in [6.45, 7) is 2.18. The molecule has 2 aromatic heterocycles. The molecular formula is C17H15FN8. The van der Waals surface area contributed by atoms with Crippen molar-refractivity contribution in [3.63, 3.8) is 0 Å². The lowest BCUT2D eigenvalue weighted by atomic mass is 10.1. The lowest BCUT2D eigenvalue weighted by Crippen LogP contribution is -2.49. The summed E-state index contributed by atoms with van der Waals surface area (Å²) in [6, 6.07) is 7.64. The van der Waals surface area contributed by atoms with E-state index in [0.29, 0.717) is 5.82 Å². The van der Waals surface area contributed by atoms with Crippen LogP contribution >= 0.6 is 0 Å². The highest BCUT2D eigenvalue weighted by Crippen LogP contribution is 2.47. The zero-order valence-electron chi connectivity index (χ0n) is 14.0. The first-order valence-corrected chi connectivity index (χ1v) is 8.53. The second-order valence-electron chi connectivity index (χ2n) is 7.17. The van der Waals surface area contributed by atoms with Crippen LogP contribution in [0.3, 0.4) is 0 Å². The van der Waals surface area contributed by atoms with E-state index in [1.807, 2.05) is 35.5 Å². The van der Waals surface area contributed by atoms with E-state index in [1.54, 1.807) is 16.2 Å². The second-order valence-corrected chi connectivity index (χ2v) is 7.17. The van der Waals surface area contributed by atoms with Gasteiger partial charge in [-0.25, -0.2) is 15.0 Å². The fraction of sp³-hybridized carbons (Fsp3) is 0.294. The van der Waals surface area contributed by atoms with Gasteiger partial charge in [0.15, 0.2) is 12.0 Å². The van der Waals surface area contributed by atoms with Crippen LogP contribution in [0.1, 0.15) is 37.2 Å². The van der Waals surface area contributed by atoms with Crippen LogP contribution in [0, 0.1) is 6.08 Å². The van der Waals surface area contributed by atoms with Crippen LogP contribution < -0.4 is 10.1 Å². The Bertz CT molecular complexity index is 1060. The highest BCUT2D eigenvalue weighted by Gasteiger charge is 2.44. The molecule has 3 aromatic rings. The molecule has 2 aliphatic heterocycles. The summed E-state index contributed by atoms with van der Waals surface area (Å²) >= 11 is 0. The molecule has 0 saturated heterocycles. The Morgan fingerprint density at radius 3 is 2.92 bits per heavy atom. The van der Waals surface area contributed by atoms with Gasteiger partial charge in [-0.3, -0.25) is 4.57 Å². The Morgan fingerprint density at radius 1 is 1.23 bits per heavy atom. The van der Waals surface area contributed by atoms with E-state index in [2.05, 4.69) is 27.2 Å². The molecule has 0 radical (unpaired) electrons. The van der Waals surface area contributed by atoms with Gasteiger partial charge < -0.3 is 0 Å². The third kappa shape index (κ3) is 1.67. The Kier molecular flexibility index (Phi) is 2.41. The largest absolute Gasteiger partial charge is 0.295 e. The number of anilines is 1. The van der Waals surface area contributed by atoms with Gasteiger partial charge in [0.2, 0.25) is 0 Å². The van der Waals surface area contributed by atoms with Gasteiger partial charge in [-0.2, -0.15) is 9.51 Å². The molecule has 26 heavy (non-hydrogen) atoms. The van der Waals surface area contributed by atoms with Crippen LogP contribution in [0.5, 0.6) is 0 Å². The maximum Gasteiger partial charge on any atom is 0.295 e. The molecule has 8 nitrogen and oxygen atoms in total. The Hall–Kier alpha value is -3.23. The number of aliphatic imine (C=N–C) groups is 1. The first-order valence-electron chi connectivity index (χ1n) is 8.53. The zero-order valence-corrected chi connectivity index (χ0v) is 14.0. The maximum absolute atomic E-state index is 14.4. The molecule has 1 saturated carbocycles. The molecule has 1 atom stereocenters. The minimum atomic E-state index is -0.553. The second kappa shape index (κ2) is 4.48. The summed E-state index contributed by atoms with van der Waals surface area (Å²) in [6.07, 6.45) is 6.52. The molecule has 1 aliphatic carbocycles. The maximum atomic E-state index is 14.4. The van der Waals surface area contributed by atoms with Crippen LogP contribution in [0.2, 0.25) is 0 Å². The monoisotopic (exact) mass is 350 g/mol. The number of halogens is 1. The van der Waals surface area contributed by atoms with Crippen molar-refractivity contribution in [3.8, 4) is 5.69 Å². The molecular weight excluding hydrogens is 335 g/mol. The first kappa shape index (κ1) is 14.0. The smallest absolute Gasteiger partial charge is 0.253 e. The molecule has 4 heterocycles. The predicted molar refractivity (Wildman–Crippen MR) is 92.1 cm³/mol. The summed E-state index contributed by atoms with van der Waals surface area (Å²) in [4.78, 5) is 10.1. The standard InChI is InChI=1S/C17H15FN8/c1-17(6-7-17)13-9-23(22-21-13)24-10-20-15-11-4-2-3-5-12(11)25-14(26(15)24)8-19-16(25)18/h2-5,8-10,15H,6-7H2,1H3. The number of imidazole rings is 1. The number of benzene rings is 1. The minimum absolute atomic E-state index is 0.122. The van der Waals surface area contributed by atoms with Gasteiger partial charge in [0.05, 0.1) is 23.8 Å². The molecule has 6 rings (SSSR count). The van der Waals surface area contributed by atoms with Gasteiger partial charge >= 0.3 is 0 Å². The highest BCUT2D eigenvalue weighted by atomic mass is 19.1. The molecule has 3 aliphatic rings. The molecule has 1 unspecified atom stereocenters. The third-order valence-corrected chi connectivity index (χ3v) is 5.46. The van der Waals surface area contributed by atoms with E-state index in [1.165, 1.54) is 10.8 Å². The van der Waals surface area contributed by atoms with Crippen molar-refractivity contribution in [1.29, 1.82) is 0 Å². The van der Waals surface area contributed by atoms with E-state index >= 15 is 0 Å². The van der Waals surface area contributed by atoms with Gasteiger partial charge in [-0.15, -0.1) is 9.89 Å². The summed E-state index contributed by atoms with van der Waals surface area (Å²) in [5.41, 5.74) is 2.75. The van der Waals surface area contributed by atoms with Crippen LogP contribution in [0.15, 0.2) is 41.7 Å². The number of para-hydroxylation sites is 1. The Morgan fingerprint density at radius 2 is 2.08 bits per heavy atom. The van der Waals surface area contributed by atoms with Crippen molar-refractivity contribution in [2.24, 2.45) is 4.99 Å². The third-order valence-electron chi connectivity index (χ3n) is 5.46. The summed E-state index contributed by atoms with van der Waals surface area (Å²) in [5, 5.41) is 12.2. The van der Waals surface area contributed by atoms with Crippen molar-refractivity contribution in [2.75, 3.05) is 10.1 Å². The van der Waals surface area contributed by atoms with Crippen molar-refractivity contribution in [3.05, 3.63) is 54.0 Å². The Balaban J connectivity index is 1.49. The Labute approximate surface area is 148 Å². The molecule has 0 N–H and O–H groups in total. The molecule has 1 fully saturated rings. The van der Waals surface area contributed by atoms with Gasteiger partial charge in [0.25, 0.3) is 6.08 Å². The van der Waals surface area contributed by atoms with Gasteiger partial charge in [0, 0.05) is 11.0 Å². The van der Waals surface area contributed by atoms with Crippen molar-refractivity contribution < 1.29 is 4.39 Å². The van der Waals surface area contributed by atoms with Crippen LogP contribution in [0.25, 0.3) is 5.69 Å². The molecule has 1 aromatic carbocycles. The van der Waals surface area contributed by atoms with Crippen molar-refractivity contribution in [2.45, 2.75) is 31.3 Å². The quantitative estimate of drug-likeness (QED) is 0.708. The molecule has 0 bridgehead atoms. The molecule has 0 spiro atoms. The average molecular weight is 350 g/mol. The zero-order chi connectivity index (χ0) is 17.5. The lowest BCUT2D eigenvalue weighted by Gasteiger charge is -2.36. The number of rotatable bonds is 2. The van der Waals surface area contributed by atoms with E-state index in [4.69, 9.17) is 0 Å². The number of fused-ring (bicyclic) bond motifs is 6. The number of hydrazine groups is 1. The fourth-order valence-corrected chi connectivity index (χ4v) is 3.64. The fourth-order valence-electron chi connectivity index (χ4n) is 3.64. The van der Waals surface area contributed by atoms with E-state index in [9.17, 15) is 4.39 Å². The predicted octanol–water partition coefficient (Wildman–Crippen LogP) is 2.07. The normalized spacial score (nSPS) is 21.5. The molecule has 130 valence electrons. The first-order chi connectivity index (χ1) is 12.7.